The Labute approximate surface area is 114 Å². The van der Waals surface area contributed by atoms with Crippen LogP contribution in [0.1, 0.15) is 29.5 Å². The molecule has 3 rings (SSSR count). The highest BCUT2D eigenvalue weighted by Crippen LogP contribution is 2.28. The van der Waals surface area contributed by atoms with E-state index in [1.54, 1.807) is 0 Å². The van der Waals surface area contributed by atoms with Crippen molar-refractivity contribution in [1.82, 2.24) is 0 Å². The third-order valence-corrected chi connectivity index (χ3v) is 3.86. The van der Waals surface area contributed by atoms with Gasteiger partial charge in [-0.15, -0.1) is 0 Å². The van der Waals surface area contributed by atoms with Crippen molar-refractivity contribution in [2.45, 2.75) is 32.2 Å². The molecule has 0 heterocycles. The van der Waals surface area contributed by atoms with Crippen LogP contribution in [0.25, 0.3) is 0 Å². The molecule has 0 atom stereocenters. The quantitative estimate of drug-likeness (QED) is 0.816. The van der Waals surface area contributed by atoms with E-state index in [0.29, 0.717) is 0 Å². The number of aryl methyl sites for hydroxylation is 1. The van der Waals surface area contributed by atoms with Gasteiger partial charge >= 0.3 is 0 Å². The standard InChI is InChI=1S/C17H20N2/c18-15-10-8-13(9-11-15)12-19-17-7-3-5-14-4-1-2-6-16(14)17/h3,5,7-11,19H,1-2,4,6,12,18H2. The normalized spacial score (nSPS) is 13.9. The van der Waals surface area contributed by atoms with Gasteiger partial charge in [0.1, 0.15) is 0 Å². The van der Waals surface area contributed by atoms with Gasteiger partial charge in [0, 0.05) is 17.9 Å². The summed E-state index contributed by atoms with van der Waals surface area (Å²) in [5.74, 6) is 0. The van der Waals surface area contributed by atoms with Crippen LogP contribution in [0.3, 0.4) is 0 Å². The minimum Gasteiger partial charge on any atom is -0.399 e. The molecule has 2 nitrogen and oxygen atoms in total. The van der Waals surface area contributed by atoms with Gasteiger partial charge in [-0.2, -0.15) is 0 Å². The maximum Gasteiger partial charge on any atom is 0.0400 e. The largest absolute Gasteiger partial charge is 0.399 e. The number of anilines is 2. The van der Waals surface area contributed by atoms with Crippen molar-refractivity contribution >= 4 is 11.4 Å². The Morgan fingerprint density at radius 1 is 0.947 bits per heavy atom. The molecule has 2 aromatic rings. The lowest BCUT2D eigenvalue weighted by Crippen LogP contribution is -2.08. The van der Waals surface area contributed by atoms with E-state index in [4.69, 9.17) is 5.73 Å². The zero-order valence-corrected chi connectivity index (χ0v) is 11.2. The molecule has 0 spiro atoms. The van der Waals surface area contributed by atoms with E-state index < -0.39 is 0 Å². The van der Waals surface area contributed by atoms with Gasteiger partial charge in [0.2, 0.25) is 0 Å². The molecule has 3 N–H and O–H groups in total. The van der Waals surface area contributed by atoms with Crippen LogP contribution in [0.15, 0.2) is 42.5 Å². The molecule has 0 unspecified atom stereocenters. The van der Waals surface area contributed by atoms with Crippen LogP contribution in [-0.2, 0) is 19.4 Å². The SMILES string of the molecule is Nc1ccc(CNc2cccc3c2CCCC3)cc1. The van der Waals surface area contributed by atoms with E-state index in [2.05, 4.69) is 35.6 Å². The Morgan fingerprint density at radius 3 is 2.58 bits per heavy atom. The number of nitrogen functional groups attached to an aromatic ring is 1. The van der Waals surface area contributed by atoms with E-state index in [9.17, 15) is 0 Å². The first-order valence-corrected chi connectivity index (χ1v) is 7.02. The Hall–Kier alpha value is -1.96. The third-order valence-electron chi connectivity index (χ3n) is 3.86. The number of nitrogens with two attached hydrogens (primary N) is 1. The molecule has 19 heavy (non-hydrogen) atoms. The summed E-state index contributed by atoms with van der Waals surface area (Å²) in [4.78, 5) is 0. The molecule has 0 bridgehead atoms. The van der Waals surface area contributed by atoms with Crippen LogP contribution in [0.5, 0.6) is 0 Å². The molecular weight excluding hydrogens is 232 g/mol. The molecule has 2 aromatic carbocycles. The topological polar surface area (TPSA) is 38.0 Å². The number of hydrogen-bond donors (Lipinski definition) is 2. The average Bonchev–Trinajstić information content (AvgIpc) is 2.47. The van der Waals surface area contributed by atoms with E-state index in [1.165, 1.54) is 48.1 Å². The van der Waals surface area contributed by atoms with Crippen LogP contribution in [0.4, 0.5) is 11.4 Å². The summed E-state index contributed by atoms with van der Waals surface area (Å²) in [7, 11) is 0. The number of hydrogen-bond acceptors (Lipinski definition) is 2. The van der Waals surface area contributed by atoms with Gasteiger partial charge in [0.25, 0.3) is 0 Å². The molecule has 0 amide bonds. The monoisotopic (exact) mass is 252 g/mol. The minimum absolute atomic E-state index is 0.820. The molecule has 0 fully saturated rings. The Morgan fingerprint density at radius 2 is 1.74 bits per heavy atom. The Bertz CT molecular complexity index is 558. The molecule has 98 valence electrons. The van der Waals surface area contributed by atoms with Gasteiger partial charge in [0.15, 0.2) is 0 Å². The van der Waals surface area contributed by atoms with E-state index in [-0.39, 0.29) is 0 Å². The lowest BCUT2D eigenvalue weighted by Gasteiger charge is -2.20. The Kier molecular flexibility index (Phi) is 3.41. The van der Waals surface area contributed by atoms with Crippen molar-refractivity contribution in [3.8, 4) is 0 Å². The van der Waals surface area contributed by atoms with Gasteiger partial charge in [-0.3, -0.25) is 0 Å². The van der Waals surface area contributed by atoms with Gasteiger partial charge in [-0.25, -0.2) is 0 Å². The van der Waals surface area contributed by atoms with Crippen LogP contribution in [0.2, 0.25) is 0 Å². The maximum atomic E-state index is 5.70. The summed E-state index contributed by atoms with van der Waals surface area (Å²) in [6.07, 6.45) is 5.08. The van der Waals surface area contributed by atoms with Gasteiger partial charge in [-0.05, 0) is 60.6 Å². The highest BCUT2D eigenvalue weighted by Gasteiger charge is 2.12. The van der Waals surface area contributed by atoms with E-state index in [0.717, 1.165) is 12.2 Å². The van der Waals surface area contributed by atoms with E-state index in [1.807, 2.05) is 12.1 Å². The van der Waals surface area contributed by atoms with Crippen molar-refractivity contribution in [1.29, 1.82) is 0 Å². The summed E-state index contributed by atoms with van der Waals surface area (Å²) in [6, 6.07) is 14.7. The zero-order valence-electron chi connectivity index (χ0n) is 11.2. The highest BCUT2D eigenvalue weighted by atomic mass is 14.9. The minimum atomic E-state index is 0.820. The molecule has 0 aliphatic heterocycles. The zero-order chi connectivity index (χ0) is 13.1. The summed E-state index contributed by atoms with van der Waals surface area (Å²) >= 11 is 0. The molecule has 1 aliphatic rings. The summed E-state index contributed by atoms with van der Waals surface area (Å²) in [6.45, 7) is 0.858. The first-order valence-electron chi connectivity index (χ1n) is 7.02. The molecule has 0 aromatic heterocycles. The lowest BCUT2D eigenvalue weighted by molar-refractivity contribution is 0.686. The second-order valence-corrected chi connectivity index (χ2v) is 5.25. The Balaban J connectivity index is 1.75. The van der Waals surface area contributed by atoms with Crippen LogP contribution < -0.4 is 11.1 Å². The number of rotatable bonds is 3. The average molecular weight is 252 g/mol. The third kappa shape index (κ3) is 2.73. The molecule has 0 radical (unpaired) electrons. The molecular formula is C17H20N2. The summed E-state index contributed by atoms with van der Waals surface area (Å²) < 4.78 is 0. The molecule has 2 heteroatoms. The fraction of sp³-hybridized carbons (Fsp3) is 0.294. The fourth-order valence-electron chi connectivity index (χ4n) is 2.78. The predicted molar refractivity (Wildman–Crippen MR) is 81.3 cm³/mol. The predicted octanol–water partition coefficient (Wildman–Crippen LogP) is 3.76. The van der Waals surface area contributed by atoms with Crippen molar-refractivity contribution in [3.05, 3.63) is 59.2 Å². The van der Waals surface area contributed by atoms with Gasteiger partial charge in [-0.1, -0.05) is 24.3 Å². The second-order valence-electron chi connectivity index (χ2n) is 5.25. The molecule has 1 aliphatic carbocycles. The number of fused-ring (bicyclic) bond motifs is 1. The number of benzene rings is 2. The van der Waals surface area contributed by atoms with Crippen LogP contribution in [0, 0.1) is 0 Å². The highest BCUT2D eigenvalue weighted by molar-refractivity contribution is 5.56. The first-order chi connectivity index (χ1) is 9.33. The molecule has 0 saturated carbocycles. The second kappa shape index (κ2) is 5.35. The van der Waals surface area contributed by atoms with Crippen LogP contribution >= 0.6 is 0 Å². The van der Waals surface area contributed by atoms with Crippen molar-refractivity contribution < 1.29 is 0 Å². The molecule has 0 saturated heterocycles. The van der Waals surface area contributed by atoms with Gasteiger partial charge in [0.05, 0.1) is 0 Å². The van der Waals surface area contributed by atoms with Gasteiger partial charge < -0.3 is 11.1 Å². The number of nitrogens with one attached hydrogen (secondary N) is 1. The lowest BCUT2D eigenvalue weighted by atomic mass is 9.90. The van der Waals surface area contributed by atoms with Crippen molar-refractivity contribution in [3.63, 3.8) is 0 Å². The smallest absolute Gasteiger partial charge is 0.0400 e. The van der Waals surface area contributed by atoms with E-state index >= 15 is 0 Å². The maximum absolute atomic E-state index is 5.70. The van der Waals surface area contributed by atoms with Crippen molar-refractivity contribution in [2.75, 3.05) is 11.1 Å². The van der Waals surface area contributed by atoms with Crippen molar-refractivity contribution in [2.24, 2.45) is 0 Å². The van der Waals surface area contributed by atoms with Crippen LogP contribution in [-0.4, -0.2) is 0 Å². The summed E-state index contributed by atoms with van der Waals surface area (Å²) in [5.41, 5.74) is 12.1. The first kappa shape index (κ1) is 12.1. The fourth-order valence-corrected chi connectivity index (χ4v) is 2.78. The summed E-state index contributed by atoms with van der Waals surface area (Å²) in [5, 5.41) is 3.57.